The van der Waals surface area contributed by atoms with E-state index in [1.165, 1.54) is 12.1 Å². The Morgan fingerprint density at radius 1 is 0.508 bits per heavy atom. The molecule has 0 saturated heterocycles. The van der Waals surface area contributed by atoms with Crippen LogP contribution in [0.25, 0.3) is 16.8 Å². The van der Waals surface area contributed by atoms with Crippen molar-refractivity contribution < 1.29 is 49.8 Å². The van der Waals surface area contributed by atoms with E-state index < -0.39 is 35.9 Å². The largest absolute Gasteiger partial charge is 0.457 e. The van der Waals surface area contributed by atoms with Crippen LogP contribution in [0.15, 0.2) is 180 Å². The van der Waals surface area contributed by atoms with Gasteiger partial charge in [0, 0.05) is 39.4 Å². The summed E-state index contributed by atoms with van der Waals surface area (Å²) in [5.74, 6) is 1.12. The average molecular weight is 905 g/mol. The molecule has 0 aliphatic heterocycles. The number of carbonyl (C=O) groups is 3. The third-order valence-electron chi connectivity index (χ3n) is 10.3. The molecular formula is C50H36N2O11S2. The SMILES string of the molecule is Cc1ccc(C(=O)c2ccc(Oc3cccc(Oc4ccc(C(=O)c5ccc(-c6ccc(C)cc6C(=O)c6ccc(-n7cnc(S(=O)(=O)O)c7)c(S(=O)(=O)O)c6)cc5)cc4)c3)cc2)cc1. The van der Waals surface area contributed by atoms with Crippen molar-refractivity contribution in [1.29, 1.82) is 0 Å². The molecule has 0 spiro atoms. The van der Waals surface area contributed by atoms with Gasteiger partial charge >= 0.3 is 10.1 Å². The van der Waals surface area contributed by atoms with E-state index in [1.807, 2.05) is 19.1 Å². The van der Waals surface area contributed by atoms with Gasteiger partial charge in [-0.05, 0) is 110 Å². The van der Waals surface area contributed by atoms with Gasteiger partial charge in [-0.1, -0.05) is 77.9 Å². The molecule has 0 amide bonds. The third kappa shape index (κ3) is 9.88. The number of ether oxygens (including phenoxy) is 2. The summed E-state index contributed by atoms with van der Waals surface area (Å²) < 4.78 is 80.5. The third-order valence-corrected chi connectivity index (χ3v) is 11.9. The van der Waals surface area contributed by atoms with Crippen LogP contribution >= 0.6 is 0 Å². The lowest BCUT2D eigenvalue weighted by molar-refractivity contribution is 0.103. The van der Waals surface area contributed by atoms with E-state index in [2.05, 4.69) is 4.98 Å². The summed E-state index contributed by atoms with van der Waals surface area (Å²) in [6.45, 7) is 3.75. The minimum Gasteiger partial charge on any atom is -0.457 e. The molecule has 0 radical (unpaired) electrons. The van der Waals surface area contributed by atoms with Crippen LogP contribution in [-0.4, -0.2) is 52.8 Å². The first-order valence-corrected chi connectivity index (χ1v) is 22.6. The predicted octanol–water partition coefficient (Wildman–Crippen LogP) is 9.93. The molecule has 65 heavy (non-hydrogen) atoms. The molecule has 1 heterocycles. The number of aromatic nitrogens is 2. The van der Waals surface area contributed by atoms with Crippen molar-refractivity contribution in [3.8, 4) is 39.8 Å². The number of ketones is 3. The topological polar surface area (TPSA) is 196 Å². The quantitative estimate of drug-likeness (QED) is 0.0775. The fourth-order valence-electron chi connectivity index (χ4n) is 6.96. The summed E-state index contributed by atoms with van der Waals surface area (Å²) in [5.41, 5.74) is 4.71. The zero-order valence-electron chi connectivity index (χ0n) is 34.4. The monoisotopic (exact) mass is 904 g/mol. The van der Waals surface area contributed by atoms with Crippen molar-refractivity contribution >= 4 is 37.6 Å². The van der Waals surface area contributed by atoms with Crippen molar-refractivity contribution in [2.45, 2.75) is 23.8 Å². The van der Waals surface area contributed by atoms with Crippen LogP contribution in [0.5, 0.6) is 23.0 Å². The van der Waals surface area contributed by atoms with Gasteiger partial charge in [-0.15, -0.1) is 0 Å². The Hall–Kier alpha value is -7.82. The number of nitrogens with zero attached hydrogens (tertiary/aromatic N) is 2. The van der Waals surface area contributed by atoms with E-state index in [0.29, 0.717) is 56.4 Å². The fraction of sp³-hybridized carbons (Fsp3) is 0.0400. The second kappa shape index (κ2) is 17.7. The predicted molar refractivity (Wildman–Crippen MR) is 241 cm³/mol. The van der Waals surface area contributed by atoms with Crippen molar-refractivity contribution in [2.75, 3.05) is 0 Å². The van der Waals surface area contributed by atoms with Crippen LogP contribution in [-0.2, 0) is 20.2 Å². The van der Waals surface area contributed by atoms with Crippen LogP contribution < -0.4 is 9.47 Å². The normalized spacial score (nSPS) is 11.5. The highest BCUT2D eigenvalue weighted by Crippen LogP contribution is 2.32. The molecule has 2 N–H and O–H groups in total. The molecule has 324 valence electrons. The Labute approximate surface area is 373 Å². The number of imidazole rings is 1. The van der Waals surface area contributed by atoms with Gasteiger partial charge in [0.25, 0.3) is 10.1 Å². The molecule has 8 rings (SSSR count). The number of hydrogen-bond acceptors (Lipinski definition) is 10. The Morgan fingerprint density at radius 2 is 1.00 bits per heavy atom. The van der Waals surface area contributed by atoms with Crippen molar-refractivity contribution in [3.63, 3.8) is 0 Å². The minimum absolute atomic E-state index is 0.0799. The zero-order chi connectivity index (χ0) is 46.0. The summed E-state index contributed by atoms with van der Waals surface area (Å²) in [7, 11) is -9.67. The van der Waals surface area contributed by atoms with Crippen LogP contribution in [0.1, 0.15) is 58.9 Å². The zero-order valence-corrected chi connectivity index (χ0v) is 36.1. The lowest BCUT2D eigenvalue weighted by Gasteiger charge is -2.13. The van der Waals surface area contributed by atoms with E-state index >= 15 is 0 Å². The summed E-state index contributed by atoms with van der Waals surface area (Å²) >= 11 is 0. The summed E-state index contributed by atoms with van der Waals surface area (Å²) in [4.78, 5) is 43.4. The highest BCUT2D eigenvalue weighted by molar-refractivity contribution is 7.86. The molecule has 8 aromatic rings. The Morgan fingerprint density at radius 3 is 1.51 bits per heavy atom. The first-order chi connectivity index (χ1) is 31.0. The maximum absolute atomic E-state index is 14.0. The molecule has 13 nitrogen and oxygen atoms in total. The second-order valence-corrected chi connectivity index (χ2v) is 17.7. The summed E-state index contributed by atoms with van der Waals surface area (Å²) in [5, 5.41) is -0.751. The van der Waals surface area contributed by atoms with Crippen LogP contribution in [0, 0.1) is 13.8 Å². The van der Waals surface area contributed by atoms with E-state index in [-0.39, 0.29) is 28.4 Å². The van der Waals surface area contributed by atoms with Crippen LogP contribution in [0.4, 0.5) is 0 Å². The van der Waals surface area contributed by atoms with E-state index in [0.717, 1.165) is 34.3 Å². The van der Waals surface area contributed by atoms with Gasteiger partial charge < -0.3 is 14.0 Å². The van der Waals surface area contributed by atoms with Crippen LogP contribution in [0.3, 0.4) is 0 Å². The number of rotatable bonds is 14. The van der Waals surface area contributed by atoms with E-state index in [4.69, 9.17) is 9.47 Å². The van der Waals surface area contributed by atoms with Crippen molar-refractivity contribution in [3.05, 3.63) is 215 Å². The smallest absolute Gasteiger partial charge is 0.313 e. The highest BCUT2D eigenvalue weighted by atomic mass is 32.2. The number of hydrogen-bond donors (Lipinski definition) is 2. The molecule has 0 fully saturated rings. The van der Waals surface area contributed by atoms with Gasteiger partial charge in [0.1, 0.15) is 34.2 Å². The van der Waals surface area contributed by atoms with Gasteiger partial charge in [0.05, 0.1) is 11.9 Å². The molecule has 1 aromatic heterocycles. The van der Waals surface area contributed by atoms with Crippen molar-refractivity contribution in [2.24, 2.45) is 0 Å². The average Bonchev–Trinajstić information content (AvgIpc) is 3.81. The van der Waals surface area contributed by atoms with Crippen molar-refractivity contribution in [1.82, 2.24) is 9.55 Å². The minimum atomic E-state index is -4.95. The molecule has 0 saturated carbocycles. The molecule has 0 atom stereocenters. The number of aryl methyl sites for hydroxylation is 2. The Kier molecular flexibility index (Phi) is 12.0. The maximum atomic E-state index is 14.0. The van der Waals surface area contributed by atoms with Gasteiger partial charge in [0.15, 0.2) is 17.3 Å². The maximum Gasteiger partial charge on any atom is 0.313 e. The molecule has 0 bridgehead atoms. The highest BCUT2D eigenvalue weighted by Gasteiger charge is 2.24. The standard InChI is InChI=1S/C50H36N2O11S2/c1-31-6-9-34(10-7-31)48(53)36-15-20-39(21-16-36)62-41-4-3-5-42(28-41)63-40-22-17-37(18-23-40)49(54)35-13-11-33(12-14-35)43-24-8-32(2)26-44(43)50(55)38-19-25-45(46(27-38)64(56,57)58)52-29-47(51-30-52)65(59,60)61/h3-30H,1-2H3,(H,56,57,58)(H,59,60,61). The Balaban J connectivity index is 0.945. The van der Waals surface area contributed by atoms with Gasteiger partial charge in [-0.25, -0.2) is 4.98 Å². The van der Waals surface area contributed by atoms with Gasteiger partial charge in [0.2, 0.25) is 5.03 Å². The van der Waals surface area contributed by atoms with Gasteiger partial charge in [-0.2, -0.15) is 16.8 Å². The second-order valence-electron chi connectivity index (χ2n) is 15.0. The fourth-order valence-corrected chi connectivity index (χ4v) is 8.10. The molecule has 7 aromatic carbocycles. The lowest BCUT2D eigenvalue weighted by atomic mass is 9.91. The summed E-state index contributed by atoms with van der Waals surface area (Å²) in [6.07, 6.45) is 1.79. The van der Waals surface area contributed by atoms with E-state index in [1.54, 1.807) is 134 Å². The molecule has 0 unspecified atom stereocenters. The number of benzene rings is 7. The Bertz CT molecular complexity index is 3360. The molecule has 0 aliphatic carbocycles. The molecule has 15 heteroatoms. The molecular weight excluding hydrogens is 869 g/mol. The first kappa shape index (κ1) is 43.8. The van der Waals surface area contributed by atoms with E-state index in [9.17, 15) is 40.3 Å². The van der Waals surface area contributed by atoms with Crippen LogP contribution in [0.2, 0.25) is 0 Å². The number of carbonyl (C=O) groups excluding carboxylic acids is 3. The summed E-state index contributed by atoms with van der Waals surface area (Å²) in [6, 6.07) is 43.3. The molecule has 0 aliphatic rings. The first-order valence-electron chi connectivity index (χ1n) is 19.7. The van der Waals surface area contributed by atoms with Gasteiger partial charge in [-0.3, -0.25) is 23.5 Å². The lowest BCUT2D eigenvalue weighted by Crippen LogP contribution is -2.10.